The van der Waals surface area contributed by atoms with E-state index in [1.165, 1.54) is 13.3 Å². The molecule has 2 rings (SSSR count). The number of carbonyl (C=O) groups excluding carboxylic acids is 1. The van der Waals surface area contributed by atoms with Gasteiger partial charge in [0.2, 0.25) is 0 Å². The van der Waals surface area contributed by atoms with Crippen molar-refractivity contribution in [3.8, 4) is 11.8 Å². The average molecular weight is 376 g/mol. The number of halogens is 2. The van der Waals surface area contributed by atoms with Crippen LogP contribution in [0, 0.1) is 11.3 Å². The number of rotatable bonds is 6. The number of ether oxygens (including phenoxy) is 1. The maximum Gasteiger partial charge on any atom is 0.267 e. The molecular weight excluding hydrogens is 361 g/mol. The number of hydrogen-bond acceptors (Lipinski definition) is 4. The minimum atomic E-state index is -0.540. The molecule has 0 saturated carbocycles. The number of carbonyl (C=O) groups is 1. The second kappa shape index (κ2) is 8.97. The van der Waals surface area contributed by atoms with E-state index in [0.29, 0.717) is 28.0 Å². The highest BCUT2D eigenvalue weighted by molar-refractivity contribution is 6.32. The number of hydrogen-bond donors (Lipinski definition) is 2. The lowest BCUT2D eigenvalue weighted by Crippen LogP contribution is -2.16. The molecule has 0 saturated heterocycles. The van der Waals surface area contributed by atoms with E-state index in [1.54, 1.807) is 30.3 Å². The van der Waals surface area contributed by atoms with Crippen molar-refractivity contribution in [1.29, 1.82) is 5.26 Å². The first-order valence-electron chi connectivity index (χ1n) is 7.26. The maximum absolute atomic E-state index is 12.2. The highest BCUT2D eigenvalue weighted by Crippen LogP contribution is 2.27. The van der Waals surface area contributed by atoms with Gasteiger partial charge in [0.1, 0.15) is 17.4 Å². The molecule has 2 aromatic carbocycles. The molecule has 0 aromatic heterocycles. The molecule has 25 heavy (non-hydrogen) atoms. The first-order valence-corrected chi connectivity index (χ1v) is 8.02. The van der Waals surface area contributed by atoms with Gasteiger partial charge in [-0.1, -0.05) is 35.3 Å². The topological polar surface area (TPSA) is 74.1 Å². The fraction of sp³-hybridized carbons (Fsp3) is 0.111. The first-order chi connectivity index (χ1) is 12.0. The van der Waals surface area contributed by atoms with E-state index in [1.807, 2.05) is 18.2 Å². The summed E-state index contributed by atoms with van der Waals surface area (Å²) in [7, 11) is 1.50. The van der Waals surface area contributed by atoms with Gasteiger partial charge in [0, 0.05) is 23.5 Å². The first kappa shape index (κ1) is 18.7. The molecule has 0 fully saturated rings. The minimum absolute atomic E-state index is 0.0611. The number of nitrogens with zero attached hydrogens (tertiary/aromatic N) is 1. The van der Waals surface area contributed by atoms with Crippen molar-refractivity contribution in [2.75, 3.05) is 12.4 Å². The Morgan fingerprint density at radius 3 is 2.72 bits per heavy atom. The van der Waals surface area contributed by atoms with Crippen molar-refractivity contribution in [1.82, 2.24) is 5.32 Å². The standard InChI is InChI=1S/C18H15Cl2N3O2/c1-25-17-6-5-15(8-16(17)20)23-18(24)13(9-21)11-22-10-12-3-2-4-14(19)7-12/h2-8,11,22H,10H2,1H3,(H,23,24)/b13-11-. The molecule has 5 nitrogen and oxygen atoms in total. The minimum Gasteiger partial charge on any atom is -0.495 e. The highest BCUT2D eigenvalue weighted by Gasteiger charge is 2.10. The van der Waals surface area contributed by atoms with Crippen LogP contribution in [0.2, 0.25) is 10.0 Å². The van der Waals surface area contributed by atoms with Gasteiger partial charge >= 0.3 is 0 Å². The molecule has 0 unspecified atom stereocenters. The van der Waals surface area contributed by atoms with Crippen LogP contribution in [0.5, 0.6) is 5.75 Å². The largest absolute Gasteiger partial charge is 0.495 e. The van der Waals surface area contributed by atoms with Crippen LogP contribution < -0.4 is 15.4 Å². The van der Waals surface area contributed by atoms with Gasteiger partial charge in [-0.05, 0) is 35.9 Å². The molecule has 7 heteroatoms. The van der Waals surface area contributed by atoms with Crippen molar-refractivity contribution in [2.45, 2.75) is 6.54 Å². The summed E-state index contributed by atoms with van der Waals surface area (Å²) >= 11 is 11.9. The predicted molar refractivity (Wildman–Crippen MR) is 98.6 cm³/mol. The molecule has 0 atom stereocenters. The summed E-state index contributed by atoms with van der Waals surface area (Å²) in [5, 5.41) is 15.7. The smallest absolute Gasteiger partial charge is 0.267 e. The molecule has 128 valence electrons. The summed E-state index contributed by atoms with van der Waals surface area (Å²) in [6, 6.07) is 14.0. The summed E-state index contributed by atoms with van der Waals surface area (Å²) < 4.78 is 5.05. The quantitative estimate of drug-likeness (QED) is 0.587. The Labute approximate surface area is 155 Å². The van der Waals surface area contributed by atoms with Gasteiger partial charge in [-0.3, -0.25) is 4.79 Å². The number of amides is 1. The molecule has 2 aromatic rings. The van der Waals surface area contributed by atoms with E-state index in [2.05, 4.69) is 10.6 Å². The lowest BCUT2D eigenvalue weighted by atomic mass is 10.2. The van der Waals surface area contributed by atoms with Crippen LogP contribution in [-0.2, 0) is 11.3 Å². The highest BCUT2D eigenvalue weighted by atomic mass is 35.5. The van der Waals surface area contributed by atoms with Crippen LogP contribution in [-0.4, -0.2) is 13.0 Å². The molecule has 0 heterocycles. The third-order valence-electron chi connectivity index (χ3n) is 3.22. The molecular formula is C18H15Cl2N3O2. The Kier molecular flexibility index (Phi) is 6.70. The van der Waals surface area contributed by atoms with Gasteiger partial charge < -0.3 is 15.4 Å². The number of anilines is 1. The summed E-state index contributed by atoms with van der Waals surface area (Å²) in [4.78, 5) is 12.2. The van der Waals surface area contributed by atoms with Gasteiger partial charge in [-0.25, -0.2) is 0 Å². The van der Waals surface area contributed by atoms with Crippen LogP contribution in [0.15, 0.2) is 54.2 Å². The lowest BCUT2D eigenvalue weighted by molar-refractivity contribution is -0.112. The molecule has 0 aliphatic carbocycles. The molecule has 0 aliphatic rings. The number of benzene rings is 2. The van der Waals surface area contributed by atoms with E-state index in [0.717, 1.165) is 5.56 Å². The maximum atomic E-state index is 12.2. The number of methoxy groups -OCH3 is 1. The SMILES string of the molecule is COc1ccc(NC(=O)/C(C#N)=C\NCc2cccc(Cl)c2)cc1Cl. The molecule has 1 amide bonds. The lowest BCUT2D eigenvalue weighted by Gasteiger charge is -2.08. The Morgan fingerprint density at radius 1 is 1.28 bits per heavy atom. The van der Waals surface area contributed by atoms with E-state index in [-0.39, 0.29) is 5.57 Å². The normalized spacial score (nSPS) is 10.7. The fourth-order valence-corrected chi connectivity index (χ4v) is 2.48. The van der Waals surface area contributed by atoms with Crippen molar-refractivity contribution < 1.29 is 9.53 Å². The van der Waals surface area contributed by atoms with Gasteiger partial charge in [0.15, 0.2) is 0 Å². The van der Waals surface area contributed by atoms with Crippen LogP contribution in [0.4, 0.5) is 5.69 Å². The van der Waals surface area contributed by atoms with Gasteiger partial charge in [-0.2, -0.15) is 5.26 Å². The molecule has 2 N–H and O–H groups in total. The molecule has 0 spiro atoms. The zero-order chi connectivity index (χ0) is 18.2. The summed E-state index contributed by atoms with van der Waals surface area (Å²) in [5.41, 5.74) is 1.34. The van der Waals surface area contributed by atoms with Crippen LogP contribution in [0.25, 0.3) is 0 Å². The van der Waals surface area contributed by atoms with E-state index in [9.17, 15) is 4.79 Å². The van der Waals surface area contributed by atoms with Gasteiger partial charge in [0.25, 0.3) is 5.91 Å². The third-order valence-corrected chi connectivity index (χ3v) is 3.75. The Hall–Kier alpha value is -2.68. The van der Waals surface area contributed by atoms with Gasteiger partial charge in [-0.15, -0.1) is 0 Å². The van der Waals surface area contributed by atoms with Crippen molar-refractivity contribution >= 4 is 34.8 Å². The fourth-order valence-electron chi connectivity index (χ4n) is 2.01. The Bertz CT molecular complexity index is 844. The second-order valence-electron chi connectivity index (χ2n) is 4.98. The van der Waals surface area contributed by atoms with Crippen LogP contribution in [0.1, 0.15) is 5.56 Å². The second-order valence-corrected chi connectivity index (χ2v) is 5.83. The van der Waals surface area contributed by atoms with Crippen LogP contribution in [0.3, 0.4) is 0 Å². The van der Waals surface area contributed by atoms with E-state index < -0.39 is 5.91 Å². The Morgan fingerprint density at radius 2 is 2.08 bits per heavy atom. The summed E-state index contributed by atoms with van der Waals surface area (Å²) in [5.74, 6) is -0.0405. The summed E-state index contributed by atoms with van der Waals surface area (Å²) in [6.45, 7) is 0.438. The van der Waals surface area contributed by atoms with Crippen molar-refractivity contribution in [3.63, 3.8) is 0 Å². The predicted octanol–water partition coefficient (Wildman–Crippen LogP) is 4.14. The zero-order valence-electron chi connectivity index (χ0n) is 13.3. The van der Waals surface area contributed by atoms with E-state index >= 15 is 0 Å². The zero-order valence-corrected chi connectivity index (χ0v) is 14.9. The van der Waals surface area contributed by atoms with Crippen molar-refractivity contribution in [3.05, 3.63) is 69.8 Å². The molecule has 0 aliphatic heterocycles. The monoisotopic (exact) mass is 375 g/mol. The average Bonchev–Trinajstić information content (AvgIpc) is 2.59. The van der Waals surface area contributed by atoms with Crippen LogP contribution >= 0.6 is 23.2 Å². The Balaban J connectivity index is 2.00. The molecule has 0 radical (unpaired) electrons. The van der Waals surface area contributed by atoms with E-state index in [4.69, 9.17) is 33.2 Å². The molecule has 0 bridgehead atoms. The third kappa shape index (κ3) is 5.42. The van der Waals surface area contributed by atoms with Gasteiger partial charge in [0.05, 0.1) is 12.1 Å². The van der Waals surface area contributed by atoms with Crippen molar-refractivity contribution in [2.24, 2.45) is 0 Å². The summed E-state index contributed by atoms with van der Waals surface area (Å²) in [6.07, 6.45) is 1.36. The number of nitriles is 1. The number of nitrogens with one attached hydrogen (secondary N) is 2.